The van der Waals surface area contributed by atoms with Gasteiger partial charge in [0.15, 0.2) is 0 Å². The van der Waals surface area contributed by atoms with E-state index in [4.69, 9.17) is 11.6 Å². The molecular weight excluding hydrogens is 469 g/mol. The Labute approximate surface area is 199 Å². The third-order valence-corrected chi connectivity index (χ3v) is 6.02. The fourth-order valence-electron chi connectivity index (χ4n) is 3.57. The van der Waals surface area contributed by atoms with E-state index in [1.165, 1.54) is 18.3 Å². The third kappa shape index (κ3) is 5.25. The smallest absolute Gasteiger partial charge is 0.343 e. The van der Waals surface area contributed by atoms with Crippen LogP contribution in [0.5, 0.6) is 0 Å². The molecule has 2 amide bonds. The lowest BCUT2D eigenvalue weighted by atomic mass is 10.1. The Morgan fingerprint density at radius 2 is 1.79 bits per heavy atom. The van der Waals surface area contributed by atoms with Crippen molar-refractivity contribution in [1.82, 2.24) is 15.1 Å². The number of hydrogen-bond donors (Lipinski definition) is 2. The molecule has 1 heterocycles. The van der Waals surface area contributed by atoms with Gasteiger partial charge in [-0.1, -0.05) is 23.7 Å². The van der Waals surface area contributed by atoms with Crippen molar-refractivity contribution in [2.24, 2.45) is 0 Å². The lowest BCUT2D eigenvalue weighted by molar-refractivity contribution is -0.123. The zero-order valence-electron chi connectivity index (χ0n) is 18.5. The first kappa shape index (κ1) is 23.8. The highest BCUT2D eigenvalue weighted by Crippen LogP contribution is 2.43. The minimum absolute atomic E-state index is 0.0116. The van der Waals surface area contributed by atoms with Crippen LogP contribution in [0.1, 0.15) is 56.3 Å². The van der Waals surface area contributed by atoms with E-state index in [-0.39, 0.29) is 11.5 Å². The quantitative estimate of drug-likeness (QED) is 0.474. The van der Waals surface area contributed by atoms with Gasteiger partial charge >= 0.3 is 6.18 Å². The zero-order valence-corrected chi connectivity index (χ0v) is 19.2. The number of benzene rings is 2. The summed E-state index contributed by atoms with van der Waals surface area (Å²) in [6, 6.07) is 9.90. The number of nitrogens with zero attached hydrogens (tertiary/aromatic N) is 2. The summed E-state index contributed by atoms with van der Waals surface area (Å²) in [5, 5.41) is 9.63. The normalized spacial score (nSPS) is 13.6. The maximum atomic E-state index is 13.2. The molecule has 3 aromatic rings. The maximum Gasteiger partial charge on any atom is 0.405 e. The standard InChI is InChI=1S/C24H22ClF3N4O2/c1-13-4-8-17(10-19(13)25)32-21(15-6-7-15)18(11-30-32)23(34)31-20-9-16(5-3-14(20)2)22(33)29-12-24(26,27)28/h3-5,8-11,15H,6-7,12H2,1-2H3,(H,29,33)(H,31,34). The van der Waals surface area contributed by atoms with Gasteiger partial charge in [0.2, 0.25) is 0 Å². The highest BCUT2D eigenvalue weighted by Gasteiger charge is 2.33. The van der Waals surface area contributed by atoms with Gasteiger partial charge in [0.05, 0.1) is 23.1 Å². The van der Waals surface area contributed by atoms with Crippen molar-refractivity contribution in [3.63, 3.8) is 0 Å². The number of carbonyl (C=O) groups excluding carboxylic acids is 2. The Hall–Kier alpha value is -3.33. The fourth-order valence-corrected chi connectivity index (χ4v) is 3.75. The Bertz CT molecular complexity index is 1270. The van der Waals surface area contributed by atoms with Crippen molar-refractivity contribution in [2.75, 3.05) is 11.9 Å². The van der Waals surface area contributed by atoms with Crippen LogP contribution in [0.25, 0.3) is 5.69 Å². The largest absolute Gasteiger partial charge is 0.405 e. The van der Waals surface area contributed by atoms with Crippen LogP contribution in [0.15, 0.2) is 42.6 Å². The second-order valence-corrected chi connectivity index (χ2v) is 8.75. The summed E-state index contributed by atoms with van der Waals surface area (Å²) in [6.45, 7) is 2.19. The molecule has 2 N–H and O–H groups in total. The molecule has 1 aromatic heterocycles. The molecule has 0 aliphatic heterocycles. The van der Waals surface area contributed by atoms with Crippen LogP contribution >= 0.6 is 11.6 Å². The number of anilines is 1. The molecule has 1 aliphatic rings. The van der Waals surface area contributed by atoms with Crippen molar-refractivity contribution in [2.45, 2.75) is 38.8 Å². The summed E-state index contributed by atoms with van der Waals surface area (Å²) in [6.07, 6.45) is -1.16. The number of amides is 2. The molecule has 6 nitrogen and oxygen atoms in total. The summed E-state index contributed by atoms with van der Waals surface area (Å²) in [5.41, 5.74) is 3.84. The molecule has 0 saturated heterocycles. The summed E-state index contributed by atoms with van der Waals surface area (Å²) in [7, 11) is 0. The minimum Gasteiger partial charge on any atom is -0.343 e. The van der Waals surface area contributed by atoms with Gasteiger partial charge in [-0.25, -0.2) is 4.68 Å². The monoisotopic (exact) mass is 490 g/mol. The van der Waals surface area contributed by atoms with Crippen LogP contribution < -0.4 is 10.6 Å². The Balaban J connectivity index is 1.59. The first-order chi connectivity index (χ1) is 16.0. The molecule has 0 radical (unpaired) electrons. The van der Waals surface area contributed by atoms with Gasteiger partial charge < -0.3 is 10.6 Å². The van der Waals surface area contributed by atoms with Crippen molar-refractivity contribution >= 4 is 29.1 Å². The molecule has 4 rings (SSSR count). The van der Waals surface area contributed by atoms with E-state index < -0.39 is 24.5 Å². The number of hydrogen-bond acceptors (Lipinski definition) is 3. The molecule has 0 atom stereocenters. The number of nitrogens with one attached hydrogen (secondary N) is 2. The number of aromatic nitrogens is 2. The third-order valence-electron chi connectivity index (χ3n) is 5.61. The molecule has 178 valence electrons. The Kier molecular flexibility index (Phi) is 6.40. The van der Waals surface area contributed by atoms with Crippen molar-refractivity contribution in [3.05, 3.63) is 75.6 Å². The van der Waals surface area contributed by atoms with E-state index in [0.29, 0.717) is 21.8 Å². The van der Waals surface area contributed by atoms with Crippen molar-refractivity contribution in [3.8, 4) is 5.69 Å². The summed E-state index contributed by atoms with van der Waals surface area (Å²) >= 11 is 6.28. The van der Waals surface area contributed by atoms with Crippen LogP contribution in [0.4, 0.5) is 18.9 Å². The second-order valence-electron chi connectivity index (χ2n) is 8.34. The lowest BCUT2D eigenvalue weighted by Crippen LogP contribution is -2.33. The number of halogens is 4. The van der Waals surface area contributed by atoms with Gasteiger partial charge in [0.25, 0.3) is 11.8 Å². The molecule has 2 aromatic carbocycles. The van der Waals surface area contributed by atoms with E-state index in [1.807, 2.05) is 24.4 Å². The van der Waals surface area contributed by atoms with E-state index in [1.54, 1.807) is 23.7 Å². The average molecular weight is 491 g/mol. The summed E-state index contributed by atoms with van der Waals surface area (Å²) in [4.78, 5) is 25.3. The van der Waals surface area contributed by atoms with Gasteiger partial charge in [-0.05, 0) is 62.1 Å². The highest BCUT2D eigenvalue weighted by molar-refractivity contribution is 6.31. The predicted octanol–water partition coefficient (Wildman–Crippen LogP) is 5.56. The lowest BCUT2D eigenvalue weighted by Gasteiger charge is -2.13. The van der Waals surface area contributed by atoms with Crippen molar-refractivity contribution in [1.29, 1.82) is 0 Å². The summed E-state index contributed by atoms with van der Waals surface area (Å²) in [5.74, 6) is -1.11. The van der Waals surface area contributed by atoms with Gasteiger partial charge in [-0.15, -0.1) is 0 Å². The molecule has 10 heteroatoms. The van der Waals surface area contributed by atoms with Crippen LogP contribution in [-0.4, -0.2) is 34.3 Å². The van der Waals surface area contributed by atoms with Gasteiger partial charge in [0.1, 0.15) is 6.54 Å². The molecule has 0 bridgehead atoms. The fraction of sp³-hybridized carbons (Fsp3) is 0.292. The number of rotatable bonds is 6. The van der Waals surface area contributed by atoms with Gasteiger partial charge in [-0.3, -0.25) is 9.59 Å². The van der Waals surface area contributed by atoms with E-state index in [9.17, 15) is 22.8 Å². The van der Waals surface area contributed by atoms with Crippen molar-refractivity contribution < 1.29 is 22.8 Å². The number of aryl methyl sites for hydroxylation is 2. The van der Waals surface area contributed by atoms with E-state index in [0.717, 1.165) is 29.8 Å². The predicted molar refractivity (Wildman–Crippen MR) is 123 cm³/mol. The molecule has 1 fully saturated rings. The van der Waals surface area contributed by atoms with Gasteiger partial charge in [-0.2, -0.15) is 18.3 Å². The Morgan fingerprint density at radius 1 is 1.09 bits per heavy atom. The first-order valence-corrected chi connectivity index (χ1v) is 11.0. The van der Waals surface area contributed by atoms with Gasteiger partial charge in [0, 0.05) is 22.2 Å². The van der Waals surface area contributed by atoms with Crippen LogP contribution in [0.2, 0.25) is 5.02 Å². The van der Waals surface area contributed by atoms with Crippen LogP contribution in [-0.2, 0) is 0 Å². The zero-order chi connectivity index (χ0) is 24.6. The van der Waals surface area contributed by atoms with E-state index in [2.05, 4.69) is 10.4 Å². The van der Waals surface area contributed by atoms with E-state index >= 15 is 0 Å². The SMILES string of the molecule is Cc1ccc(-n2ncc(C(=O)Nc3cc(C(=O)NCC(F)(F)F)ccc3C)c2C2CC2)cc1Cl. The highest BCUT2D eigenvalue weighted by atomic mass is 35.5. The minimum atomic E-state index is -4.52. The molecule has 0 unspecified atom stereocenters. The molecule has 0 spiro atoms. The molecule has 1 saturated carbocycles. The molecule has 34 heavy (non-hydrogen) atoms. The average Bonchev–Trinajstić information content (AvgIpc) is 3.52. The summed E-state index contributed by atoms with van der Waals surface area (Å²) < 4.78 is 39.0. The van der Waals surface area contributed by atoms with Crippen LogP contribution in [0.3, 0.4) is 0 Å². The molecular formula is C24H22ClF3N4O2. The maximum absolute atomic E-state index is 13.2. The Morgan fingerprint density at radius 3 is 2.44 bits per heavy atom. The van der Waals surface area contributed by atoms with Crippen LogP contribution in [0, 0.1) is 13.8 Å². The number of alkyl halides is 3. The molecule has 1 aliphatic carbocycles. The first-order valence-electron chi connectivity index (χ1n) is 10.6. The topological polar surface area (TPSA) is 76.0 Å². The second kappa shape index (κ2) is 9.13. The number of carbonyl (C=O) groups is 2.